The van der Waals surface area contributed by atoms with Crippen LogP contribution in [-0.4, -0.2) is 24.5 Å². The molecule has 1 aromatic heterocycles. The van der Waals surface area contributed by atoms with Crippen molar-refractivity contribution in [2.24, 2.45) is 0 Å². The van der Waals surface area contributed by atoms with Gasteiger partial charge in [0.15, 0.2) is 23.2 Å². The topological polar surface area (TPSA) is 82.5 Å². The summed E-state index contributed by atoms with van der Waals surface area (Å²) in [5.41, 5.74) is 11.2. The van der Waals surface area contributed by atoms with Gasteiger partial charge in [-0.3, -0.25) is 0 Å². The summed E-state index contributed by atoms with van der Waals surface area (Å²) in [4.78, 5) is 17.8. The number of pyridine rings is 1. The van der Waals surface area contributed by atoms with Gasteiger partial charge in [-0.25, -0.2) is 19.9 Å². The number of benzene rings is 1. The van der Waals surface area contributed by atoms with E-state index in [-0.39, 0.29) is 0 Å². The van der Waals surface area contributed by atoms with E-state index < -0.39 is 0 Å². The van der Waals surface area contributed by atoms with Crippen LogP contribution in [0.3, 0.4) is 0 Å². The van der Waals surface area contributed by atoms with Gasteiger partial charge in [-0.15, -0.1) is 0 Å². The third-order valence-electron chi connectivity index (χ3n) is 5.37. The van der Waals surface area contributed by atoms with Crippen LogP contribution < -0.4 is 5.73 Å². The van der Waals surface area contributed by atoms with Gasteiger partial charge < -0.3 is 10.3 Å². The molecule has 1 aromatic carbocycles. The zero-order chi connectivity index (χ0) is 20.0. The maximum absolute atomic E-state index is 6.31. The number of hydrogen-bond donors (Lipinski definition) is 1. The predicted octanol–water partition coefficient (Wildman–Crippen LogP) is 4.66. The molecule has 0 bridgehead atoms. The molecule has 0 amide bonds. The Morgan fingerprint density at radius 3 is 2.66 bits per heavy atom. The highest BCUT2D eigenvalue weighted by Gasteiger charge is 2.21. The molecule has 0 saturated carbocycles. The van der Waals surface area contributed by atoms with Crippen LogP contribution in [0.5, 0.6) is 0 Å². The molecule has 0 atom stereocenters. The smallest absolute Gasteiger partial charge is 0.166 e. The Morgan fingerprint density at radius 2 is 1.83 bits per heavy atom. The fourth-order valence-electron chi connectivity index (χ4n) is 3.83. The minimum atomic E-state index is 0.344. The number of halogens is 2. The molecule has 2 N–H and O–H groups in total. The van der Waals surface area contributed by atoms with Crippen molar-refractivity contribution >= 4 is 29.0 Å². The number of nitrogen functional groups attached to an aromatic ring is 1. The minimum Gasteiger partial charge on any atom is -0.382 e. The zero-order valence-corrected chi connectivity index (χ0v) is 17.1. The van der Waals surface area contributed by atoms with Crippen LogP contribution >= 0.6 is 23.2 Å². The monoisotopic (exact) mass is 424 g/mol. The largest absolute Gasteiger partial charge is 0.382 e. The van der Waals surface area contributed by atoms with Crippen LogP contribution in [0, 0.1) is 0 Å². The van der Waals surface area contributed by atoms with Crippen LogP contribution in [0.25, 0.3) is 22.9 Å². The van der Waals surface area contributed by atoms with Crippen LogP contribution in [-0.2, 0) is 19.4 Å². The van der Waals surface area contributed by atoms with Gasteiger partial charge in [0.25, 0.3) is 0 Å². The maximum atomic E-state index is 6.31. The standard InChI is InChI=1S/C21H18Cl2N6/c22-16-7-8-25-18(23)15(16)10-29-11-26-19(24)17-21(29)28-20(27-17)14-6-5-12-3-1-2-4-13(12)9-14/h5-9,11H,1-4,10,24H2. The molecule has 2 aliphatic heterocycles. The number of hydrogen-bond acceptors (Lipinski definition) is 5. The van der Waals surface area contributed by atoms with E-state index in [0.29, 0.717) is 45.4 Å². The summed E-state index contributed by atoms with van der Waals surface area (Å²) in [7, 11) is 0. The average Bonchev–Trinajstić information content (AvgIpc) is 3.19. The van der Waals surface area contributed by atoms with Crippen LogP contribution in [0.15, 0.2) is 36.8 Å². The molecule has 6 nitrogen and oxygen atoms in total. The molecule has 1 aliphatic carbocycles. The third kappa shape index (κ3) is 3.32. The first-order valence-corrected chi connectivity index (χ1v) is 10.2. The number of nitrogens with zero attached hydrogens (tertiary/aromatic N) is 5. The number of aromatic nitrogens is 5. The quantitative estimate of drug-likeness (QED) is 0.483. The third-order valence-corrected chi connectivity index (χ3v) is 6.05. The number of fused-ring (bicyclic) bond motifs is 2. The van der Waals surface area contributed by atoms with E-state index in [4.69, 9.17) is 33.9 Å². The first-order chi connectivity index (χ1) is 14.1. The average molecular weight is 425 g/mol. The molecular weight excluding hydrogens is 407 g/mol. The van der Waals surface area contributed by atoms with Crippen molar-refractivity contribution in [2.75, 3.05) is 5.73 Å². The summed E-state index contributed by atoms with van der Waals surface area (Å²) in [5.74, 6) is 1.63. The molecule has 29 heavy (non-hydrogen) atoms. The van der Waals surface area contributed by atoms with Crippen molar-refractivity contribution in [2.45, 2.75) is 32.2 Å². The summed E-state index contributed by atoms with van der Waals surface area (Å²) in [5, 5.41) is 0.890. The summed E-state index contributed by atoms with van der Waals surface area (Å²) in [6.07, 6.45) is 7.93. The number of anilines is 1. The Hall–Kier alpha value is -2.70. The molecular formula is C21H18Cl2N6. The second-order valence-corrected chi connectivity index (χ2v) is 8.00. The van der Waals surface area contributed by atoms with Gasteiger partial charge in [0, 0.05) is 17.3 Å². The van der Waals surface area contributed by atoms with Crippen molar-refractivity contribution in [3.05, 3.63) is 63.7 Å². The lowest BCUT2D eigenvalue weighted by Gasteiger charge is -2.15. The van der Waals surface area contributed by atoms with Gasteiger partial charge in [0.1, 0.15) is 5.15 Å². The van der Waals surface area contributed by atoms with Crippen molar-refractivity contribution in [3.8, 4) is 22.9 Å². The Morgan fingerprint density at radius 1 is 1.00 bits per heavy atom. The molecule has 0 saturated heterocycles. The summed E-state index contributed by atoms with van der Waals surface area (Å²) in [6, 6.07) is 8.18. The first-order valence-electron chi connectivity index (χ1n) is 9.49. The second-order valence-electron chi connectivity index (χ2n) is 7.23. The molecule has 0 fully saturated rings. The normalized spacial score (nSPS) is 13.6. The van der Waals surface area contributed by atoms with E-state index in [1.165, 1.54) is 24.0 Å². The lowest BCUT2D eigenvalue weighted by atomic mass is 9.90. The Balaban J connectivity index is 1.59. The molecule has 0 radical (unpaired) electrons. The number of nitrogens with two attached hydrogens (primary N) is 1. The van der Waals surface area contributed by atoms with Crippen molar-refractivity contribution in [3.63, 3.8) is 0 Å². The highest BCUT2D eigenvalue weighted by Crippen LogP contribution is 2.32. The molecule has 5 rings (SSSR count). The van der Waals surface area contributed by atoms with Crippen molar-refractivity contribution in [1.82, 2.24) is 24.5 Å². The number of rotatable bonds is 3. The molecule has 3 aliphatic rings. The summed E-state index contributed by atoms with van der Waals surface area (Å²) >= 11 is 12.6. The number of aryl methyl sites for hydroxylation is 2. The van der Waals surface area contributed by atoms with E-state index in [1.54, 1.807) is 18.6 Å². The minimum absolute atomic E-state index is 0.344. The highest BCUT2D eigenvalue weighted by molar-refractivity contribution is 6.35. The molecule has 3 heterocycles. The molecule has 2 aromatic rings. The van der Waals surface area contributed by atoms with Gasteiger partial charge in [-0.1, -0.05) is 35.3 Å². The Labute approximate surface area is 178 Å². The maximum Gasteiger partial charge on any atom is 0.166 e. The molecule has 0 unspecified atom stereocenters. The Bertz CT molecular complexity index is 1170. The van der Waals surface area contributed by atoms with Gasteiger partial charge in [-0.2, -0.15) is 0 Å². The summed E-state index contributed by atoms with van der Waals surface area (Å²) < 4.78 is 1.84. The fraction of sp³-hybridized carbons (Fsp3) is 0.238. The van der Waals surface area contributed by atoms with E-state index in [1.807, 2.05) is 4.57 Å². The van der Waals surface area contributed by atoms with Gasteiger partial charge in [-0.05, 0) is 48.9 Å². The fourth-order valence-corrected chi connectivity index (χ4v) is 4.30. The second kappa shape index (κ2) is 7.28. The number of imidazole rings is 1. The van der Waals surface area contributed by atoms with Crippen molar-refractivity contribution < 1.29 is 0 Å². The lowest BCUT2D eigenvalue weighted by Crippen LogP contribution is -2.10. The highest BCUT2D eigenvalue weighted by atomic mass is 35.5. The van der Waals surface area contributed by atoms with Crippen LogP contribution in [0.1, 0.15) is 29.5 Å². The summed E-state index contributed by atoms with van der Waals surface area (Å²) in [6.45, 7) is 0.373. The van der Waals surface area contributed by atoms with E-state index in [2.05, 4.69) is 33.2 Å². The first kappa shape index (κ1) is 18.3. The van der Waals surface area contributed by atoms with Crippen LogP contribution in [0.4, 0.5) is 5.82 Å². The van der Waals surface area contributed by atoms with Crippen molar-refractivity contribution in [1.29, 1.82) is 0 Å². The molecule has 8 heteroatoms. The van der Waals surface area contributed by atoms with Crippen LogP contribution in [0.2, 0.25) is 10.2 Å². The van der Waals surface area contributed by atoms with E-state index >= 15 is 0 Å². The van der Waals surface area contributed by atoms with Gasteiger partial charge in [0.05, 0.1) is 17.9 Å². The molecule has 0 spiro atoms. The van der Waals surface area contributed by atoms with Gasteiger partial charge >= 0.3 is 0 Å². The SMILES string of the molecule is Nc1ncn(Cc2c(Cl)ccnc2Cl)c2nc(-c3ccc4c(c3)CCCC4)nc1-2. The zero-order valence-electron chi connectivity index (χ0n) is 15.6. The molecule has 146 valence electrons. The van der Waals surface area contributed by atoms with Gasteiger partial charge in [0.2, 0.25) is 0 Å². The van der Waals surface area contributed by atoms with E-state index in [0.717, 1.165) is 18.4 Å². The predicted molar refractivity (Wildman–Crippen MR) is 114 cm³/mol. The lowest BCUT2D eigenvalue weighted by molar-refractivity contribution is 0.686. The van der Waals surface area contributed by atoms with E-state index in [9.17, 15) is 0 Å². The Kier molecular flexibility index (Phi) is 4.60.